The number of nitrogens with zero attached hydrogens (tertiary/aromatic N) is 1. The number of alkyl halides is 2. The van der Waals surface area contributed by atoms with Crippen molar-refractivity contribution < 1.29 is 18.3 Å². The first kappa shape index (κ1) is 17.8. The Labute approximate surface area is 149 Å². The fraction of sp³-hybridized carbons (Fsp3) is 0.389. The molecule has 2 heterocycles. The van der Waals surface area contributed by atoms with Crippen LogP contribution in [0.3, 0.4) is 0 Å². The number of rotatable bonds is 5. The van der Waals surface area contributed by atoms with Gasteiger partial charge in [0.15, 0.2) is 0 Å². The fourth-order valence-electron chi connectivity index (χ4n) is 3.32. The van der Waals surface area contributed by atoms with Crippen molar-refractivity contribution in [3.05, 3.63) is 51.7 Å². The van der Waals surface area contributed by atoms with E-state index in [9.17, 15) is 13.6 Å². The molecule has 2 aromatic rings. The van der Waals surface area contributed by atoms with Gasteiger partial charge in [-0.2, -0.15) is 8.78 Å². The lowest BCUT2D eigenvalue weighted by Crippen LogP contribution is -2.29. The van der Waals surface area contributed by atoms with E-state index in [1.54, 1.807) is 11.8 Å². The van der Waals surface area contributed by atoms with Crippen LogP contribution in [0.25, 0.3) is 0 Å². The van der Waals surface area contributed by atoms with Gasteiger partial charge in [-0.05, 0) is 31.0 Å². The van der Waals surface area contributed by atoms with E-state index in [1.165, 1.54) is 17.4 Å². The SMILES string of the molecule is Cc1cc(OC(F)F)c(C(=O)N2C[C@@H](CN)[C@H](c3ccccc3)C2)s1. The minimum Gasteiger partial charge on any atom is -0.433 e. The van der Waals surface area contributed by atoms with Crippen LogP contribution in [0.15, 0.2) is 36.4 Å². The highest BCUT2D eigenvalue weighted by atomic mass is 32.1. The molecule has 2 atom stereocenters. The first-order valence-corrected chi connectivity index (χ1v) is 8.90. The molecule has 7 heteroatoms. The molecule has 1 aromatic carbocycles. The van der Waals surface area contributed by atoms with Gasteiger partial charge < -0.3 is 15.4 Å². The van der Waals surface area contributed by atoms with E-state index in [0.29, 0.717) is 19.6 Å². The predicted molar refractivity (Wildman–Crippen MR) is 93.3 cm³/mol. The van der Waals surface area contributed by atoms with Gasteiger partial charge in [0.05, 0.1) is 0 Å². The van der Waals surface area contributed by atoms with Crippen LogP contribution in [0.1, 0.15) is 26.0 Å². The van der Waals surface area contributed by atoms with Crippen molar-refractivity contribution in [2.45, 2.75) is 19.5 Å². The van der Waals surface area contributed by atoms with Crippen LogP contribution < -0.4 is 10.5 Å². The average molecular weight is 366 g/mol. The Kier molecular flexibility index (Phi) is 5.34. The third-order valence-corrected chi connectivity index (χ3v) is 5.51. The Hall–Kier alpha value is -1.99. The Morgan fingerprint density at radius 2 is 2.08 bits per heavy atom. The molecule has 1 amide bonds. The van der Waals surface area contributed by atoms with Gasteiger partial charge in [-0.25, -0.2) is 0 Å². The molecule has 1 saturated heterocycles. The average Bonchev–Trinajstić information content (AvgIpc) is 3.18. The number of ether oxygens (including phenoxy) is 1. The first-order valence-electron chi connectivity index (χ1n) is 8.09. The molecule has 1 fully saturated rings. The normalized spacial score (nSPS) is 20.3. The van der Waals surface area contributed by atoms with Crippen molar-refractivity contribution in [2.75, 3.05) is 19.6 Å². The Balaban J connectivity index is 1.82. The molecule has 0 unspecified atom stereocenters. The molecular weight excluding hydrogens is 346 g/mol. The third-order valence-electron chi connectivity index (χ3n) is 4.49. The van der Waals surface area contributed by atoms with Crippen molar-refractivity contribution in [1.29, 1.82) is 0 Å². The quantitative estimate of drug-likeness (QED) is 0.882. The van der Waals surface area contributed by atoms with E-state index < -0.39 is 6.61 Å². The van der Waals surface area contributed by atoms with Gasteiger partial charge >= 0.3 is 6.61 Å². The minimum absolute atomic E-state index is 0.0463. The fourth-order valence-corrected chi connectivity index (χ4v) is 4.23. The van der Waals surface area contributed by atoms with Crippen LogP contribution in [-0.4, -0.2) is 37.1 Å². The molecule has 25 heavy (non-hydrogen) atoms. The highest BCUT2D eigenvalue weighted by molar-refractivity contribution is 7.14. The number of benzene rings is 1. The smallest absolute Gasteiger partial charge is 0.387 e. The summed E-state index contributed by atoms with van der Waals surface area (Å²) in [7, 11) is 0. The summed E-state index contributed by atoms with van der Waals surface area (Å²) < 4.78 is 29.7. The molecule has 0 radical (unpaired) electrons. The highest BCUT2D eigenvalue weighted by Crippen LogP contribution is 2.36. The second kappa shape index (κ2) is 7.49. The molecule has 0 saturated carbocycles. The number of carbonyl (C=O) groups excluding carboxylic acids is 1. The summed E-state index contributed by atoms with van der Waals surface area (Å²) in [5, 5.41) is 0. The number of aryl methyl sites for hydroxylation is 1. The number of halogens is 2. The summed E-state index contributed by atoms with van der Waals surface area (Å²) in [6, 6.07) is 11.4. The molecular formula is C18H20F2N2O2S. The van der Waals surface area contributed by atoms with E-state index in [-0.39, 0.29) is 28.4 Å². The number of hydrogen-bond acceptors (Lipinski definition) is 4. The van der Waals surface area contributed by atoms with E-state index in [2.05, 4.69) is 4.74 Å². The molecule has 0 bridgehead atoms. The topological polar surface area (TPSA) is 55.6 Å². The number of nitrogens with two attached hydrogens (primary N) is 1. The lowest BCUT2D eigenvalue weighted by molar-refractivity contribution is -0.0499. The van der Waals surface area contributed by atoms with Gasteiger partial charge in [-0.3, -0.25) is 4.79 Å². The molecule has 1 aliphatic heterocycles. The summed E-state index contributed by atoms with van der Waals surface area (Å²) in [6.07, 6.45) is 0. The van der Waals surface area contributed by atoms with Gasteiger partial charge in [0.2, 0.25) is 0 Å². The molecule has 134 valence electrons. The van der Waals surface area contributed by atoms with E-state index >= 15 is 0 Å². The summed E-state index contributed by atoms with van der Waals surface area (Å²) in [5.41, 5.74) is 7.04. The van der Waals surface area contributed by atoms with Crippen LogP contribution >= 0.6 is 11.3 Å². The predicted octanol–water partition coefficient (Wildman–Crippen LogP) is 3.47. The van der Waals surface area contributed by atoms with E-state index in [1.807, 2.05) is 30.3 Å². The van der Waals surface area contributed by atoms with Crippen LogP contribution in [0.2, 0.25) is 0 Å². The summed E-state index contributed by atoms with van der Waals surface area (Å²) in [4.78, 5) is 15.5. The van der Waals surface area contributed by atoms with Crippen LogP contribution in [0, 0.1) is 12.8 Å². The Bertz CT molecular complexity index is 736. The van der Waals surface area contributed by atoms with Crippen molar-refractivity contribution in [2.24, 2.45) is 11.7 Å². The number of carbonyl (C=O) groups is 1. The van der Waals surface area contributed by atoms with E-state index in [0.717, 1.165) is 10.4 Å². The second-order valence-corrected chi connectivity index (χ2v) is 7.41. The van der Waals surface area contributed by atoms with Gasteiger partial charge in [0, 0.05) is 23.9 Å². The zero-order valence-electron chi connectivity index (χ0n) is 13.8. The molecule has 2 N–H and O–H groups in total. The van der Waals surface area contributed by atoms with Crippen LogP contribution in [0.5, 0.6) is 5.75 Å². The zero-order chi connectivity index (χ0) is 18.0. The van der Waals surface area contributed by atoms with Crippen LogP contribution in [-0.2, 0) is 0 Å². The molecule has 0 spiro atoms. The highest BCUT2D eigenvalue weighted by Gasteiger charge is 2.37. The van der Waals surface area contributed by atoms with Crippen molar-refractivity contribution in [3.8, 4) is 5.75 Å². The number of thiophene rings is 1. The maximum Gasteiger partial charge on any atom is 0.387 e. The van der Waals surface area contributed by atoms with Gasteiger partial charge in [-0.15, -0.1) is 11.3 Å². The molecule has 1 aromatic heterocycles. The van der Waals surface area contributed by atoms with Crippen LogP contribution in [0.4, 0.5) is 8.78 Å². The van der Waals surface area contributed by atoms with E-state index in [4.69, 9.17) is 5.73 Å². The monoisotopic (exact) mass is 366 g/mol. The Morgan fingerprint density at radius 3 is 2.72 bits per heavy atom. The maximum absolute atomic E-state index is 12.9. The molecule has 4 nitrogen and oxygen atoms in total. The largest absolute Gasteiger partial charge is 0.433 e. The first-order chi connectivity index (χ1) is 12.0. The molecule has 1 aliphatic rings. The minimum atomic E-state index is -2.95. The zero-order valence-corrected chi connectivity index (χ0v) is 14.6. The number of likely N-dealkylation sites (tertiary alicyclic amines) is 1. The molecule has 3 rings (SSSR count). The van der Waals surface area contributed by atoms with Gasteiger partial charge in [-0.1, -0.05) is 30.3 Å². The maximum atomic E-state index is 12.9. The van der Waals surface area contributed by atoms with Crippen molar-refractivity contribution in [1.82, 2.24) is 4.90 Å². The summed E-state index contributed by atoms with van der Waals surface area (Å²) in [6.45, 7) is 0.315. The standard InChI is InChI=1S/C18H20F2N2O2S/c1-11-7-15(24-18(19)20)16(25-11)17(23)22-9-13(8-21)14(10-22)12-5-3-2-4-6-12/h2-7,13-14,18H,8-10,21H2,1H3/t13-,14+/m1/s1. The summed E-state index contributed by atoms with van der Waals surface area (Å²) in [5.74, 6) is -0.0249. The summed E-state index contributed by atoms with van der Waals surface area (Å²) >= 11 is 1.18. The van der Waals surface area contributed by atoms with Crippen molar-refractivity contribution >= 4 is 17.2 Å². The number of hydrogen-bond donors (Lipinski definition) is 1. The van der Waals surface area contributed by atoms with Crippen molar-refractivity contribution in [3.63, 3.8) is 0 Å². The van der Waals surface area contributed by atoms with Gasteiger partial charge in [0.25, 0.3) is 5.91 Å². The third kappa shape index (κ3) is 3.82. The lowest BCUT2D eigenvalue weighted by atomic mass is 9.89. The number of amides is 1. The Morgan fingerprint density at radius 1 is 1.36 bits per heavy atom. The second-order valence-electron chi connectivity index (χ2n) is 6.15. The lowest BCUT2D eigenvalue weighted by Gasteiger charge is -2.17. The molecule has 0 aliphatic carbocycles. The van der Waals surface area contributed by atoms with Gasteiger partial charge in [0.1, 0.15) is 10.6 Å².